The van der Waals surface area contributed by atoms with Crippen molar-refractivity contribution in [2.24, 2.45) is 0 Å². The molecule has 0 radical (unpaired) electrons. The molecule has 0 aromatic heterocycles. The van der Waals surface area contributed by atoms with E-state index in [-0.39, 0.29) is 17.4 Å². The van der Waals surface area contributed by atoms with E-state index in [9.17, 15) is 13.6 Å². The lowest BCUT2D eigenvalue weighted by molar-refractivity contribution is -0.116. The van der Waals surface area contributed by atoms with Crippen molar-refractivity contribution in [1.29, 1.82) is 0 Å². The van der Waals surface area contributed by atoms with Gasteiger partial charge in [-0.25, -0.2) is 0 Å². The number of carbonyl (C=O) groups excluding carboxylic acids is 1. The topological polar surface area (TPSA) is 50.8 Å². The Morgan fingerprint density at radius 2 is 2.00 bits per heavy atom. The highest BCUT2D eigenvalue weighted by Gasteiger charge is 2.13. The summed E-state index contributed by atoms with van der Waals surface area (Å²) in [5, 5.41) is 3.35. The number of amides is 1. The fourth-order valence-electron chi connectivity index (χ4n) is 2.59. The first-order valence-corrected chi connectivity index (χ1v) is 9.19. The SMILES string of the molecule is CCOc1cc(CN(C)CCC(=O)Nc2cccc(Cl)c2)ccc1OC(F)F. The van der Waals surface area contributed by atoms with Crippen LogP contribution in [-0.2, 0) is 11.3 Å². The summed E-state index contributed by atoms with van der Waals surface area (Å²) in [5.41, 5.74) is 1.51. The molecule has 0 saturated carbocycles. The van der Waals surface area contributed by atoms with Crippen LogP contribution in [0.1, 0.15) is 18.9 Å². The Hall–Kier alpha value is -2.38. The van der Waals surface area contributed by atoms with Gasteiger partial charge in [-0.1, -0.05) is 23.7 Å². The number of anilines is 1. The quantitative estimate of drug-likeness (QED) is 0.609. The fraction of sp³-hybridized carbons (Fsp3) is 0.350. The summed E-state index contributed by atoms with van der Waals surface area (Å²) in [6, 6.07) is 11.8. The zero-order valence-electron chi connectivity index (χ0n) is 15.8. The standard InChI is InChI=1S/C20H23ClF2N2O3/c1-3-27-18-11-14(7-8-17(18)28-20(22)23)13-25(2)10-9-19(26)24-16-6-4-5-15(21)12-16/h4-8,11-12,20H,3,9-10,13H2,1-2H3,(H,24,26). The van der Waals surface area contributed by atoms with Gasteiger partial charge in [-0.05, 0) is 49.9 Å². The van der Waals surface area contributed by atoms with Crippen LogP contribution in [0.3, 0.4) is 0 Å². The van der Waals surface area contributed by atoms with Crippen molar-refractivity contribution < 1.29 is 23.0 Å². The number of alkyl halides is 2. The third-order valence-corrected chi connectivity index (χ3v) is 4.04. The minimum Gasteiger partial charge on any atom is -0.490 e. The number of rotatable bonds is 10. The van der Waals surface area contributed by atoms with E-state index < -0.39 is 6.61 Å². The number of ether oxygens (including phenoxy) is 2. The second kappa shape index (κ2) is 10.8. The zero-order valence-corrected chi connectivity index (χ0v) is 16.5. The molecular weight excluding hydrogens is 390 g/mol. The molecule has 0 aliphatic rings. The average Bonchev–Trinajstić information content (AvgIpc) is 2.62. The third kappa shape index (κ3) is 7.32. The van der Waals surface area contributed by atoms with Crippen molar-refractivity contribution in [3.05, 3.63) is 53.1 Å². The number of hydrogen-bond donors (Lipinski definition) is 1. The molecule has 2 aromatic carbocycles. The first-order chi connectivity index (χ1) is 13.4. The van der Waals surface area contributed by atoms with Crippen LogP contribution in [0.4, 0.5) is 14.5 Å². The minimum atomic E-state index is -2.91. The summed E-state index contributed by atoms with van der Waals surface area (Å²) >= 11 is 5.90. The highest BCUT2D eigenvalue weighted by molar-refractivity contribution is 6.30. The van der Waals surface area contributed by atoms with Crippen molar-refractivity contribution in [3.63, 3.8) is 0 Å². The minimum absolute atomic E-state index is 0.00385. The molecule has 0 aliphatic carbocycles. The predicted octanol–water partition coefficient (Wildman–Crippen LogP) is 4.80. The van der Waals surface area contributed by atoms with E-state index in [1.165, 1.54) is 6.07 Å². The molecule has 2 rings (SSSR count). The van der Waals surface area contributed by atoms with Crippen molar-refractivity contribution in [3.8, 4) is 11.5 Å². The van der Waals surface area contributed by atoms with E-state index in [1.807, 2.05) is 11.9 Å². The van der Waals surface area contributed by atoms with Crippen LogP contribution in [0.25, 0.3) is 0 Å². The number of halogens is 3. The van der Waals surface area contributed by atoms with Gasteiger partial charge in [-0.15, -0.1) is 0 Å². The molecule has 0 saturated heterocycles. The fourth-order valence-corrected chi connectivity index (χ4v) is 2.78. The van der Waals surface area contributed by atoms with Gasteiger partial charge in [0.05, 0.1) is 6.61 Å². The second-order valence-corrected chi connectivity index (χ2v) is 6.58. The summed E-state index contributed by atoms with van der Waals surface area (Å²) in [7, 11) is 1.87. The lowest BCUT2D eigenvalue weighted by Gasteiger charge is -2.18. The highest BCUT2D eigenvalue weighted by atomic mass is 35.5. The molecule has 0 heterocycles. The van der Waals surface area contributed by atoms with Crippen molar-refractivity contribution in [2.45, 2.75) is 26.5 Å². The maximum absolute atomic E-state index is 12.5. The van der Waals surface area contributed by atoms with Crippen LogP contribution in [0, 0.1) is 0 Å². The summed E-state index contributed by atoms with van der Waals surface area (Å²) in [5.74, 6) is 0.154. The maximum Gasteiger partial charge on any atom is 0.387 e. The highest BCUT2D eigenvalue weighted by Crippen LogP contribution is 2.30. The van der Waals surface area contributed by atoms with Gasteiger partial charge in [0, 0.05) is 30.2 Å². The average molecular weight is 413 g/mol. The molecule has 0 unspecified atom stereocenters. The van der Waals surface area contributed by atoms with Gasteiger partial charge in [0.15, 0.2) is 11.5 Å². The molecule has 0 spiro atoms. The Kier molecular flexibility index (Phi) is 8.47. The molecule has 0 atom stereocenters. The third-order valence-electron chi connectivity index (χ3n) is 3.81. The summed E-state index contributed by atoms with van der Waals surface area (Å²) in [6.45, 7) is 0.239. The normalized spacial score (nSPS) is 11.0. The van der Waals surface area contributed by atoms with E-state index in [2.05, 4.69) is 10.1 Å². The first kappa shape index (κ1) is 21.9. The predicted molar refractivity (Wildman–Crippen MR) is 105 cm³/mol. The van der Waals surface area contributed by atoms with Crippen LogP contribution in [0.2, 0.25) is 5.02 Å². The molecular formula is C20H23ClF2N2O3. The molecule has 28 heavy (non-hydrogen) atoms. The van der Waals surface area contributed by atoms with Gasteiger partial charge in [0.1, 0.15) is 0 Å². The maximum atomic E-state index is 12.5. The van der Waals surface area contributed by atoms with E-state index in [0.717, 1.165) is 5.56 Å². The Balaban J connectivity index is 1.88. The summed E-state index contributed by atoms with van der Waals surface area (Å²) in [4.78, 5) is 14.0. The van der Waals surface area contributed by atoms with Crippen molar-refractivity contribution in [2.75, 3.05) is 25.5 Å². The Labute approximate surface area is 168 Å². The molecule has 0 aliphatic heterocycles. The first-order valence-electron chi connectivity index (χ1n) is 8.82. The lowest BCUT2D eigenvalue weighted by atomic mass is 10.2. The monoisotopic (exact) mass is 412 g/mol. The van der Waals surface area contributed by atoms with E-state index in [0.29, 0.717) is 36.8 Å². The van der Waals surface area contributed by atoms with Gasteiger partial charge < -0.3 is 19.7 Å². The smallest absolute Gasteiger partial charge is 0.387 e. The van der Waals surface area contributed by atoms with E-state index >= 15 is 0 Å². The van der Waals surface area contributed by atoms with Crippen LogP contribution in [0.5, 0.6) is 11.5 Å². The van der Waals surface area contributed by atoms with E-state index in [4.69, 9.17) is 16.3 Å². The Morgan fingerprint density at radius 1 is 1.21 bits per heavy atom. The second-order valence-electron chi connectivity index (χ2n) is 6.14. The van der Waals surface area contributed by atoms with Crippen molar-refractivity contribution >= 4 is 23.2 Å². The Morgan fingerprint density at radius 3 is 2.68 bits per heavy atom. The van der Waals surface area contributed by atoms with Crippen molar-refractivity contribution in [1.82, 2.24) is 4.90 Å². The summed E-state index contributed by atoms with van der Waals surface area (Å²) in [6.07, 6.45) is 0.300. The Bertz CT molecular complexity index is 790. The number of benzene rings is 2. The molecule has 152 valence electrons. The van der Waals surface area contributed by atoms with Gasteiger partial charge in [-0.3, -0.25) is 4.79 Å². The summed E-state index contributed by atoms with van der Waals surface area (Å²) < 4.78 is 34.8. The molecule has 1 N–H and O–H groups in total. The number of hydrogen-bond acceptors (Lipinski definition) is 4. The lowest BCUT2D eigenvalue weighted by Crippen LogP contribution is -2.24. The number of nitrogens with one attached hydrogen (secondary N) is 1. The van der Waals surface area contributed by atoms with Crippen LogP contribution in [-0.4, -0.2) is 37.6 Å². The van der Waals surface area contributed by atoms with Gasteiger partial charge in [-0.2, -0.15) is 8.78 Å². The molecule has 8 heteroatoms. The molecule has 0 bridgehead atoms. The largest absolute Gasteiger partial charge is 0.490 e. The van der Waals surface area contributed by atoms with Gasteiger partial charge in [0.25, 0.3) is 0 Å². The molecule has 1 amide bonds. The zero-order chi connectivity index (χ0) is 20.5. The molecule has 2 aromatic rings. The van der Waals surface area contributed by atoms with Gasteiger partial charge >= 0.3 is 6.61 Å². The van der Waals surface area contributed by atoms with Crippen LogP contribution >= 0.6 is 11.6 Å². The number of carbonyl (C=O) groups is 1. The molecule has 5 nitrogen and oxygen atoms in total. The van der Waals surface area contributed by atoms with Gasteiger partial charge in [0.2, 0.25) is 5.91 Å². The molecule has 0 fully saturated rings. The number of nitrogens with zero attached hydrogens (tertiary/aromatic N) is 1. The van der Waals surface area contributed by atoms with Crippen LogP contribution < -0.4 is 14.8 Å². The van der Waals surface area contributed by atoms with E-state index in [1.54, 1.807) is 43.3 Å². The van der Waals surface area contributed by atoms with Crippen LogP contribution in [0.15, 0.2) is 42.5 Å².